The van der Waals surface area contributed by atoms with Gasteiger partial charge in [0.1, 0.15) is 0 Å². The summed E-state index contributed by atoms with van der Waals surface area (Å²) >= 11 is 5.56. The molecule has 0 saturated heterocycles. The number of thiocarbonyl (C=S) groups is 1. The Morgan fingerprint density at radius 2 is 2.00 bits per heavy atom. The van der Waals surface area contributed by atoms with Crippen molar-refractivity contribution in [2.24, 2.45) is 0 Å². The van der Waals surface area contributed by atoms with Crippen molar-refractivity contribution in [1.82, 2.24) is 15.2 Å². The van der Waals surface area contributed by atoms with Gasteiger partial charge in [-0.2, -0.15) is 0 Å². The normalized spacial score (nSPS) is 11.2. The maximum Gasteiger partial charge on any atom is 0.253 e. The van der Waals surface area contributed by atoms with E-state index in [4.69, 9.17) is 17.0 Å². The third-order valence-electron chi connectivity index (χ3n) is 4.63. The predicted octanol–water partition coefficient (Wildman–Crippen LogP) is 0.612. The van der Waals surface area contributed by atoms with Crippen LogP contribution in [0.5, 0.6) is 0 Å². The zero-order valence-electron chi connectivity index (χ0n) is 16.9. The van der Waals surface area contributed by atoms with Gasteiger partial charge in [0.25, 0.3) is 5.56 Å². The molecule has 1 aromatic heterocycles. The molecule has 3 N–H and O–H groups in total. The molecular formula is C20H31N4O2S+. The predicted molar refractivity (Wildman–Crippen MR) is 115 cm³/mol. The lowest BCUT2D eigenvalue weighted by molar-refractivity contribution is -0.857. The molecule has 2 aromatic rings. The molecule has 0 radical (unpaired) electrons. The Morgan fingerprint density at radius 3 is 2.67 bits per heavy atom. The van der Waals surface area contributed by atoms with E-state index in [1.54, 1.807) is 7.11 Å². The fraction of sp³-hybridized carbons (Fsp3) is 0.500. The van der Waals surface area contributed by atoms with Crippen molar-refractivity contribution in [3.05, 3.63) is 45.2 Å². The Kier molecular flexibility index (Phi) is 7.77. The topological polar surface area (TPSA) is 61.8 Å². The highest BCUT2D eigenvalue weighted by Crippen LogP contribution is 2.20. The number of rotatable bonds is 8. The Bertz CT molecular complexity index is 848. The van der Waals surface area contributed by atoms with E-state index in [2.05, 4.69) is 42.3 Å². The van der Waals surface area contributed by atoms with Crippen LogP contribution in [0.1, 0.15) is 16.7 Å². The third-order valence-corrected chi connectivity index (χ3v) is 5.04. The van der Waals surface area contributed by atoms with Crippen LogP contribution in [0.2, 0.25) is 0 Å². The van der Waals surface area contributed by atoms with Crippen molar-refractivity contribution in [1.29, 1.82) is 0 Å². The first-order valence-electron chi connectivity index (χ1n) is 9.26. The van der Waals surface area contributed by atoms with Gasteiger partial charge < -0.3 is 24.8 Å². The highest BCUT2D eigenvalue weighted by Gasteiger charge is 2.15. The molecule has 0 bridgehead atoms. The number of fused-ring (bicyclic) bond motifs is 1. The second kappa shape index (κ2) is 9.82. The van der Waals surface area contributed by atoms with Gasteiger partial charge in [-0.3, -0.25) is 4.79 Å². The number of aromatic nitrogens is 1. The van der Waals surface area contributed by atoms with Gasteiger partial charge in [-0.15, -0.1) is 0 Å². The Balaban J connectivity index is 2.29. The van der Waals surface area contributed by atoms with Crippen LogP contribution in [-0.4, -0.2) is 62.4 Å². The number of nitrogens with zero attached hydrogens (tertiary/aromatic N) is 1. The molecule has 7 heteroatoms. The summed E-state index contributed by atoms with van der Waals surface area (Å²) in [6.07, 6.45) is 0. The van der Waals surface area contributed by atoms with Gasteiger partial charge >= 0.3 is 0 Å². The molecule has 0 spiro atoms. The van der Waals surface area contributed by atoms with Gasteiger partial charge in [0.15, 0.2) is 5.11 Å². The summed E-state index contributed by atoms with van der Waals surface area (Å²) in [6, 6.07) is 6.13. The number of ether oxygens (including phenoxy) is 1. The van der Waals surface area contributed by atoms with Gasteiger partial charge in [-0.1, -0.05) is 12.1 Å². The summed E-state index contributed by atoms with van der Waals surface area (Å²) in [6.45, 7) is 7.48. The molecule has 148 valence electrons. The van der Waals surface area contributed by atoms with E-state index in [1.165, 1.54) is 4.90 Å². The molecule has 0 aliphatic rings. The molecule has 0 amide bonds. The molecular weight excluding hydrogens is 360 g/mol. The van der Waals surface area contributed by atoms with E-state index in [0.717, 1.165) is 40.7 Å². The SMILES string of the molecule is COCCNC(=S)N(CC[NH+](C)C)Cc1cc2c(C)ccc(C)c2[nH]c1=O. The van der Waals surface area contributed by atoms with E-state index in [0.29, 0.717) is 24.8 Å². The lowest BCUT2D eigenvalue weighted by atomic mass is 10.0. The first-order valence-corrected chi connectivity index (χ1v) is 9.67. The van der Waals surface area contributed by atoms with Crippen LogP contribution in [0.3, 0.4) is 0 Å². The number of aryl methyl sites for hydroxylation is 2. The van der Waals surface area contributed by atoms with Crippen molar-refractivity contribution in [2.75, 3.05) is 47.4 Å². The van der Waals surface area contributed by atoms with Crippen LogP contribution in [0.25, 0.3) is 10.9 Å². The highest BCUT2D eigenvalue weighted by atomic mass is 32.1. The van der Waals surface area contributed by atoms with Crippen LogP contribution >= 0.6 is 12.2 Å². The molecule has 0 saturated carbocycles. The number of H-pyrrole nitrogens is 1. The summed E-state index contributed by atoms with van der Waals surface area (Å²) in [7, 11) is 5.87. The fourth-order valence-electron chi connectivity index (χ4n) is 2.92. The molecule has 0 atom stereocenters. The highest BCUT2D eigenvalue weighted by molar-refractivity contribution is 7.80. The van der Waals surface area contributed by atoms with Crippen LogP contribution in [-0.2, 0) is 11.3 Å². The summed E-state index contributed by atoms with van der Waals surface area (Å²) in [5, 5.41) is 4.95. The number of aromatic amines is 1. The largest absolute Gasteiger partial charge is 0.383 e. The van der Waals surface area contributed by atoms with E-state index in [1.807, 2.05) is 19.1 Å². The number of hydrogen-bond acceptors (Lipinski definition) is 3. The van der Waals surface area contributed by atoms with Crippen molar-refractivity contribution in [3.8, 4) is 0 Å². The zero-order valence-corrected chi connectivity index (χ0v) is 17.8. The number of methoxy groups -OCH3 is 1. The molecule has 6 nitrogen and oxygen atoms in total. The number of benzene rings is 1. The minimum absolute atomic E-state index is 0.0573. The number of hydrogen-bond donors (Lipinski definition) is 3. The number of quaternary nitrogens is 1. The second-order valence-corrected chi connectivity index (χ2v) is 7.60. The number of likely N-dealkylation sites (N-methyl/N-ethyl adjacent to an activating group) is 1. The minimum atomic E-state index is -0.0573. The molecule has 0 fully saturated rings. The van der Waals surface area contributed by atoms with E-state index < -0.39 is 0 Å². The maximum absolute atomic E-state index is 12.7. The maximum atomic E-state index is 12.7. The van der Waals surface area contributed by atoms with Gasteiger partial charge in [0.2, 0.25) is 0 Å². The molecule has 0 unspecified atom stereocenters. The van der Waals surface area contributed by atoms with E-state index in [-0.39, 0.29) is 5.56 Å². The van der Waals surface area contributed by atoms with Crippen LogP contribution in [0, 0.1) is 13.8 Å². The van der Waals surface area contributed by atoms with Crippen molar-refractivity contribution >= 4 is 28.2 Å². The average molecular weight is 392 g/mol. The minimum Gasteiger partial charge on any atom is -0.383 e. The standard InChI is InChI=1S/C20H30N4O2S/c1-14-6-7-15(2)18-17(14)12-16(19(25)22-18)13-24(10-9-23(3)4)20(27)21-8-11-26-5/h6-7,12H,8-11,13H2,1-5H3,(H,21,27)(H,22,25)/p+1. The quantitative estimate of drug-likeness (QED) is 0.455. The molecule has 1 aromatic carbocycles. The van der Waals surface area contributed by atoms with Gasteiger partial charge in [0.05, 0.1) is 45.9 Å². The zero-order chi connectivity index (χ0) is 20.0. The summed E-state index contributed by atoms with van der Waals surface area (Å²) in [4.78, 5) is 19.1. The fourth-order valence-corrected chi connectivity index (χ4v) is 3.18. The van der Waals surface area contributed by atoms with E-state index >= 15 is 0 Å². The van der Waals surface area contributed by atoms with Crippen molar-refractivity contribution in [3.63, 3.8) is 0 Å². The Hall–Kier alpha value is -1.96. The van der Waals surface area contributed by atoms with Crippen LogP contribution in [0.4, 0.5) is 0 Å². The first-order chi connectivity index (χ1) is 12.8. The average Bonchev–Trinajstić information content (AvgIpc) is 2.62. The molecule has 27 heavy (non-hydrogen) atoms. The van der Waals surface area contributed by atoms with Gasteiger partial charge in [-0.25, -0.2) is 0 Å². The number of nitrogens with one attached hydrogen (secondary N) is 3. The van der Waals surface area contributed by atoms with Crippen molar-refractivity contribution < 1.29 is 9.64 Å². The van der Waals surface area contributed by atoms with Gasteiger partial charge in [0, 0.05) is 24.6 Å². The van der Waals surface area contributed by atoms with Gasteiger partial charge in [-0.05, 0) is 43.3 Å². The van der Waals surface area contributed by atoms with Crippen molar-refractivity contribution in [2.45, 2.75) is 20.4 Å². The lowest BCUT2D eigenvalue weighted by Crippen LogP contribution is -3.06. The van der Waals surface area contributed by atoms with Crippen LogP contribution < -0.4 is 15.8 Å². The summed E-state index contributed by atoms with van der Waals surface area (Å²) in [5.41, 5.74) is 3.80. The molecule has 2 rings (SSSR count). The van der Waals surface area contributed by atoms with E-state index in [9.17, 15) is 4.79 Å². The summed E-state index contributed by atoms with van der Waals surface area (Å²) < 4.78 is 5.08. The first kappa shape index (κ1) is 21.3. The monoisotopic (exact) mass is 391 g/mol. The molecule has 0 aliphatic carbocycles. The summed E-state index contributed by atoms with van der Waals surface area (Å²) in [5.74, 6) is 0. The smallest absolute Gasteiger partial charge is 0.253 e. The lowest BCUT2D eigenvalue weighted by Gasteiger charge is -2.26. The third kappa shape index (κ3) is 5.76. The molecule has 0 aliphatic heterocycles. The Morgan fingerprint density at radius 1 is 1.30 bits per heavy atom. The Labute approximate surface area is 166 Å². The van der Waals surface area contributed by atoms with Crippen LogP contribution in [0.15, 0.2) is 23.0 Å². The molecule has 1 heterocycles. The number of pyridine rings is 1. The second-order valence-electron chi connectivity index (χ2n) is 7.22.